The van der Waals surface area contributed by atoms with Gasteiger partial charge in [0, 0.05) is 5.02 Å². The van der Waals surface area contributed by atoms with Gasteiger partial charge in [0.2, 0.25) is 0 Å². The Morgan fingerprint density at radius 2 is 1.63 bits per heavy atom. The van der Waals surface area contributed by atoms with Gasteiger partial charge in [0.25, 0.3) is 5.91 Å². The van der Waals surface area contributed by atoms with Crippen LogP contribution in [-0.4, -0.2) is 38.3 Å². The number of carbonyl (C=O) groups is 2. The molecule has 1 N–H and O–H groups in total. The summed E-state index contributed by atoms with van der Waals surface area (Å²) in [6, 6.07) is 7.61. The number of ether oxygens (including phenoxy) is 4. The maximum atomic E-state index is 12.5. The van der Waals surface area contributed by atoms with Crippen LogP contribution in [0.4, 0.5) is 5.69 Å². The highest BCUT2D eigenvalue weighted by atomic mass is 35.5. The predicted octanol–water partition coefficient (Wildman–Crippen LogP) is 4.98. The number of nitrogens with one attached hydrogen (secondary N) is 1. The molecule has 2 aromatic rings. The molecule has 162 valence electrons. The minimum absolute atomic E-state index is 0.118. The number of esters is 1. The lowest BCUT2D eigenvalue weighted by molar-refractivity contribution is -0.123. The van der Waals surface area contributed by atoms with E-state index in [-0.39, 0.29) is 22.4 Å². The van der Waals surface area contributed by atoms with E-state index in [2.05, 4.69) is 5.32 Å². The lowest BCUT2D eigenvalue weighted by Gasteiger charge is -2.17. The minimum Gasteiger partial charge on any atom is -0.495 e. The zero-order valence-corrected chi connectivity index (χ0v) is 18.8. The summed E-state index contributed by atoms with van der Waals surface area (Å²) in [6.07, 6.45) is -1.24. The molecule has 0 spiro atoms. The van der Waals surface area contributed by atoms with Gasteiger partial charge in [-0.25, -0.2) is 4.79 Å². The number of benzene rings is 2. The highest BCUT2D eigenvalue weighted by Crippen LogP contribution is 2.37. The number of halogens is 2. The van der Waals surface area contributed by atoms with Crippen LogP contribution in [0.25, 0.3) is 0 Å². The fourth-order valence-corrected chi connectivity index (χ4v) is 2.91. The summed E-state index contributed by atoms with van der Waals surface area (Å²) < 4.78 is 21.3. The van der Waals surface area contributed by atoms with Crippen LogP contribution >= 0.6 is 23.2 Å². The zero-order valence-electron chi connectivity index (χ0n) is 17.2. The van der Waals surface area contributed by atoms with Crippen LogP contribution in [-0.2, 0) is 9.53 Å². The fraction of sp³-hybridized carbons (Fsp3) is 0.333. The number of anilines is 1. The van der Waals surface area contributed by atoms with Gasteiger partial charge in [-0.15, -0.1) is 0 Å². The van der Waals surface area contributed by atoms with Crippen molar-refractivity contribution in [3.8, 4) is 17.2 Å². The second-order valence-corrected chi connectivity index (χ2v) is 7.38. The highest BCUT2D eigenvalue weighted by molar-refractivity contribution is 6.32. The highest BCUT2D eigenvalue weighted by Gasteiger charge is 2.23. The monoisotopic (exact) mass is 455 g/mol. The summed E-state index contributed by atoms with van der Waals surface area (Å²) in [5.74, 6) is -0.272. The fourth-order valence-electron chi connectivity index (χ4n) is 2.48. The third-order valence-corrected chi connectivity index (χ3v) is 4.41. The SMILES string of the molecule is COc1ccc(Cl)cc1NC(=O)C(C)OC(=O)c1cc(Cl)c(OC(C)C)c(OC)c1. The van der Waals surface area contributed by atoms with Crippen molar-refractivity contribution < 1.29 is 28.5 Å². The summed E-state index contributed by atoms with van der Waals surface area (Å²) in [5.41, 5.74) is 0.478. The van der Waals surface area contributed by atoms with Crippen molar-refractivity contribution in [1.82, 2.24) is 0 Å². The van der Waals surface area contributed by atoms with Gasteiger partial charge in [0.1, 0.15) is 5.75 Å². The van der Waals surface area contributed by atoms with E-state index in [1.807, 2.05) is 13.8 Å². The molecule has 0 aliphatic heterocycles. The summed E-state index contributed by atoms with van der Waals surface area (Å²) in [6.45, 7) is 5.12. The molecule has 2 aromatic carbocycles. The second-order valence-electron chi connectivity index (χ2n) is 6.54. The predicted molar refractivity (Wildman–Crippen MR) is 115 cm³/mol. The van der Waals surface area contributed by atoms with Crippen LogP contribution in [0.2, 0.25) is 10.0 Å². The van der Waals surface area contributed by atoms with E-state index in [1.54, 1.807) is 12.1 Å². The van der Waals surface area contributed by atoms with E-state index in [4.69, 9.17) is 42.1 Å². The Kier molecular flexibility index (Phi) is 8.20. The van der Waals surface area contributed by atoms with Crippen LogP contribution in [0.1, 0.15) is 31.1 Å². The molecule has 0 fully saturated rings. The number of rotatable bonds is 8. The molecule has 0 saturated heterocycles. The maximum absolute atomic E-state index is 12.5. The molecule has 1 atom stereocenters. The molecule has 1 unspecified atom stereocenters. The van der Waals surface area contributed by atoms with Crippen molar-refractivity contribution in [2.45, 2.75) is 33.0 Å². The van der Waals surface area contributed by atoms with Gasteiger partial charge >= 0.3 is 5.97 Å². The Labute approximate surface area is 185 Å². The van der Waals surface area contributed by atoms with Gasteiger partial charge in [0.05, 0.1) is 36.6 Å². The Balaban J connectivity index is 2.14. The summed E-state index contributed by atoms with van der Waals surface area (Å²) >= 11 is 12.2. The molecule has 9 heteroatoms. The van der Waals surface area contributed by atoms with E-state index in [1.165, 1.54) is 39.3 Å². The Hall–Kier alpha value is -2.64. The van der Waals surface area contributed by atoms with Crippen molar-refractivity contribution in [3.63, 3.8) is 0 Å². The van der Waals surface area contributed by atoms with Gasteiger partial charge in [-0.05, 0) is 51.1 Å². The molecule has 0 bridgehead atoms. The Morgan fingerprint density at radius 3 is 2.23 bits per heavy atom. The average molecular weight is 456 g/mol. The van der Waals surface area contributed by atoms with E-state index < -0.39 is 18.0 Å². The smallest absolute Gasteiger partial charge is 0.339 e. The van der Waals surface area contributed by atoms with Crippen LogP contribution in [0, 0.1) is 0 Å². The molecular formula is C21H23Cl2NO6. The van der Waals surface area contributed by atoms with Crippen molar-refractivity contribution in [2.24, 2.45) is 0 Å². The molecular weight excluding hydrogens is 433 g/mol. The number of amides is 1. The number of hydrogen-bond donors (Lipinski definition) is 1. The molecule has 0 aliphatic carbocycles. The Bertz CT molecular complexity index is 932. The standard InChI is InChI=1S/C21H23Cl2NO6/c1-11(2)29-19-15(23)8-13(9-18(19)28-5)21(26)30-12(3)20(25)24-16-10-14(22)6-7-17(16)27-4/h6-12H,1-5H3,(H,24,25). The molecule has 0 aliphatic rings. The van der Waals surface area contributed by atoms with E-state index in [0.29, 0.717) is 22.2 Å². The topological polar surface area (TPSA) is 83.1 Å². The first-order valence-electron chi connectivity index (χ1n) is 9.05. The maximum Gasteiger partial charge on any atom is 0.339 e. The Morgan fingerprint density at radius 1 is 0.967 bits per heavy atom. The first-order chi connectivity index (χ1) is 14.2. The summed E-state index contributed by atoms with van der Waals surface area (Å²) in [7, 11) is 2.90. The number of methoxy groups -OCH3 is 2. The molecule has 0 radical (unpaired) electrons. The van der Waals surface area contributed by atoms with Gasteiger partial charge in [-0.3, -0.25) is 4.79 Å². The summed E-state index contributed by atoms with van der Waals surface area (Å²) in [4.78, 5) is 25.0. The average Bonchev–Trinajstić information content (AvgIpc) is 2.69. The first-order valence-corrected chi connectivity index (χ1v) is 9.81. The lowest BCUT2D eigenvalue weighted by atomic mass is 10.2. The van der Waals surface area contributed by atoms with E-state index >= 15 is 0 Å². The van der Waals surface area contributed by atoms with Crippen LogP contribution in [0.5, 0.6) is 17.2 Å². The zero-order chi connectivity index (χ0) is 22.4. The van der Waals surface area contributed by atoms with Crippen LogP contribution in [0.15, 0.2) is 30.3 Å². The molecule has 0 heterocycles. The minimum atomic E-state index is -1.10. The lowest BCUT2D eigenvalue weighted by Crippen LogP contribution is -2.30. The van der Waals surface area contributed by atoms with Crippen molar-refractivity contribution in [2.75, 3.05) is 19.5 Å². The van der Waals surface area contributed by atoms with E-state index in [9.17, 15) is 9.59 Å². The third-order valence-electron chi connectivity index (χ3n) is 3.89. The van der Waals surface area contributed by atoms with Crippen molar-refractivity contribution >= 4 is 40.8 Å². The van der Waals surface area contributed by atoms with Crippen LogP contribution < -0.4 is 19.5 Å². The molecule has 2 rings (SSSR count). The molecule has 1 amide bonds. The molecule has 7 nitrogen and oxygen atoms in total. The van der Waals surface area contributed by atoms with Crippen molar-refractivity contribution in [3.05, 3.63) is 45.9 Å². The van der Waals surface area contributed by atoms with Gasteiger partial charge in [-0.2, -0.15) is 0 Å². The van der Waals surface area contributed by atoms with Gasteiger partial charge in [0.15, 0.2) is 17.6 Å². The quantitative estimate of drug-likeness (QED) is 0.564. The van der Waals surface area contributed by atoms with Gasteiger partial charge < -0.3 is 24.3 Å². The molecule has 30 heavy (non-hydrogen) atoms. The van der Waals surface area contributed by atoms with Crippen molar-refractivity contribution in [1.29, 1.82) is 0 Å². The first kappa shape index (κ1) is 23.6. The third kappa shape index (κ3) is 5.93. The largest absolute Gasteiger partial charge is 0.495 e. The normalized spacial score (nSPS) is 11.6. The molecule has 0 aromatic heterocycles. The summed E-state index contributed by atoms with van der Waals surface area (Å²) in [5, 5.41) is 3.24. The second kappa shape index (κ2) is 10.4. The molecule has 0 saturated carbocycles. The number of hydrogen-bond acceptors (Lipinski definition) is 6. The number of carbonyl (C=O) groups excluding carboxylic acids is 2. The van der Waals surface area contributed by atoms with Crippen LogP contribution in [0.3, 0.4) is 0 Å². The van der Waals surface area contributed by atoms with E-state index in [0.717, 1.165) is 0 Å². The van der Waals surface area contributed by atoms with Gasteiger partial charge in [-0.1, -0.05) is 23.2 Å².